The van der Waals surface area contributed by atoms with Crippen molar-refractivity contribution < 1.29 is 27.8 Å². The molecular formula is C11H9F3O3. The molecule has 6 heteroatoms. The summed E-state index contributed by atoms with van der Waals surface area (Å²) in [4.78, 5) is 11.3. The fourth-order valence-corrected chi connectivity index (χ4v) is 1.09. The summed E-state index contributed by atoms with van der Waals surface area (Å²) in [6.07, 6.45) is -3.26. The molecule has 0 amide bonds. The van der Waals surface area contributed by atoms with Gasteiger partial charge in [-0.05, 0) is 18.2 Å². The molecule has 1 rings (SSSR count). The van der Waals surface area contributed by atoms with Gasteiger partial charge in [-0.3, -0.25) is 0 Å². The Hall–Kier alpha value is -1.98. The lowest BCUT2D eigenvalue weighted by Crippen LogP contribution is -2.08. The predicted molar refractivity (Wildman–Crippen MR) is 53.6 cm³/mol. The van der Waals surface area contributed by atoms with Crippen LogP contribution in [0, 0.1) is 0 Å². The van der Waals surface area contributed by atoms with Gasteiger partial charge in [0.1, 0.15) is 17.9 Å². The molecule has 0 saturated carbocycles. The van der Waals surface area contributed by atoms with Gasteiger partial charge in [-0.1, -0.05) is 12.7 Å². The van der Waals surface area contributed by atoms with Crippen molar-refractivity contribution in [3.8, 4) is 5.75 Å². The van der Waals surface area contributed by atoms with E-state index in [2.05, 4.69) is 11.3 Å². The highest BCUT2D eigenvalue weighted by molar-refractivity contribution is 5.92. The lowest BCUT2D eigenvalue weighted by atomic mass is 10.1. The normalized spacial score (nSPS) is 11.0. The molecule has 0 heterocycles. The van der Waals surface area contributed by atoms with E-state index in [4.69, 9.17) is 0 Å². The Kier molecular flexibility index (Phi) is 3.77. The molecule has 1 aromatic rings. The van der Waals surface area contributed by atoms with Gasteiger partial charge in [0.15, 0.2) is 0 Å². The third kappa shape index (κ3) is 3.24. The monoisotopic (exact) mass is 246 g/mol. The molecule has 0 aliphatic carbocycles. The number of rotatable bonds is 3. The number of phenolic OH excluding ortho intramolecular Hbond substituents is 1. The zero-order valence-electron chi connectivity index (χ0n) is 8.62. The van der Waals surface area contributed by atoms with E-state index in [-0.39, 0.29) is 12.2 Å². The number of hydrogen-bond donors (Lipinski definition) is 1. The first-order valence-electron chi connectivity index (χ1n) is 4.54. The first-order chi connectivity index (χ1) is 7.86. The quantitative estimate of drug-likeness (QED) is 0.658. The average molecular weight is 246 g/mol. The van der Waals surface area contributed by atoms with Crippen molar-refractivity contribution in [2.75, 3.05) is 6.61 Å². The molecule has 0 saturated heterocycles. The fraction of sp³-hybridized carbons (Fsp3) is 0.182. The van der Waals surface area contributed by atoms with Crippen LogP contribution in [0.2, 0.25) is 0 Å². The van der Waals surface area contributed by atoms with E-state index in [1.54, 1.807) is 0 Å². The van der Waals surface area contributed by atoms with E-state index >= 15 is 0 Å². The zero-order valence-corrected chi connectivity index (χ0v) is 8.62. The van der Waals surface area contributed by atoms with E-state index in [1.165, 1.54) is 6.08 Å². The first-order valence-corrected chi connectivity index (χ1v) is 4.54. The molecule has 0 spiro atoms. The maximum atomic E-state index is 12.3. The second-order valence-corrected chi connectivity index (χ2v) is 3.12. The molecule has 1 N–H and O–H groups in total. The van der Waals surface area contributed by atoms with Crippen molar-refractivity contribution in [1.29, 1.82) is 0 Å². The van der Waals surface area contributed by atoms with Crippen LogP contribution in [0.3, 0.4) is 0 Å². The minimum atomic E-state index is -4.57. The van der Waals surface area contributed by atoms with E-state index in [0.717, 1.165) is 6.07 Å². The number of benzene rings is 1. The van der Waals surface area contributed by atoms with Gasteiger partial charge in [-0.25, -0.2) is 4.79 Å². The molecule has 92 valence electrons. The van der Waals surface area contributed by atoms with Crippen molar-refractivity contribution in [2.24, 2.45) is 0 Å². The number of ether oxygens (including phenoxy) is 1. The Labute approximate surface area is 95.1 Å². The van der Waals surface area contributed by atoms with E-state index in [1.807, 2.05) is 0 Å². The highest BCUT2D eigenvalue weighted by atomic mass is 19.4. The number of halogens is 3. The number of carbonyl (C=O) groups excluding carboxylic acids is 1. The van der Waals surface area contributed by atoms with Crippen molar-refractivity contribution in [3.63, 3.8) is 0 Å². The Morgan fingerprint density at radius 2 is 2.12 bits per heavy atom. The lowest BCUT2D eigenvalue weighted by Gasteiger charge is -2.09. The van der Waals surface area contributed by atoms with Crippen LogP contribution in [-0.2, 0) is 10.9 Å². The molecule has 3 nitrogen and oxygen atoms in total. The molecular weight excluding hydrogens is 237 g/mol. The minimum Gasteiger partial charge on any atom is -0.507 e. The molecule has 0 aliphatic rings. The van der Waals surface area contributed by atoms with Crippen LogP contribution in [0.1, 0.15) is 15.9 Å². The number of carbonyl (C=O) groups is 1. The van der Waals surface area contributed by atoms with Crippen LogP contribution < -0.4 is 0 Å². The van der Waals surface area contributed by atoms with Gasteiger partial charge in [-0.2, -0.15) is 13.2 Å². The van der Waals surface area contributed by atoms with Crippen molar-refractivity contribution in [2.45, 2.75) is 6.18 Å². The zero-order chi connectivity index (χ0) is 13.1. The van der Waals surface area contributed by atoms with E-state index < -0.39 is 23.5 Å². The second kappa shape index (κ2) is 4.90. The predicted octanol–water partition coefficient (Wildman–Crippen LogP) is 2.75. The second-order valence-electron chi connectivity index (χ2n) is 3.12. The van der Waals surface area contributed by atoms with Gasteiger partial charge < -0.3 is 9.84 Å². The molecule has 0 unspecified atom stereocenters. The standard InChI is InChI=1S/C11H9F3O3/c1-2-5-17-10(16)8-4-3-7(6-9(8)15)11(12,13)14/h2-4,6,15H,1,5H2. The highest BCUT2D eigenvalue weighted by Crippen LogP contribution is 2.32. The first kappa shape index (κ1) is 13.1. The van der Waals surface area contributed by atoms with Gasteiger partial charge in [0.25, 0.3) is 0 Å². The molecule has 0 aromatic heterocycles. The van der Waals surface area contributed by atoms with Crippen LogP contribution in [0.15, 0.2) is 30.9 Å². The molecule has 0 aliphatic heterocycles. The molecule has 0 bridgehead atoms. The summed E-state index contributed by atoms with van der Waals surface area (Å²) in [6, 6.07) is 2.04. The third-order valence-electron chi connectivity index (χ3n) is 1.88. The SMILES string of the molecule is C=CCOC(=O)c1ccc(C(F)(F)F)cc1O. The highest BCUT2D eigenvalue weighted by Gasteiger charge is 2.31. The summed E-state index contributed by atoms with van der Waals surface area (Å²) in [5.41, 5.74) is -1.35. The van der Waals surface area contributed by atoms with Crippen LogP contribution in [0.5, 0.6) is 5.75 Å². The van der Waals surface area contributed by atoms with Gasteiger partial charge in [0.2, 0.25) is 0 Å². The lowest BCUT2D eigenvalue weighted by molar-refractivity contribution is -0.137. The number of phenols is 1. The smallest absolute Gasteiger partial charge is 0.416 e. The van der Waals surface area contributed by atoms with Gasteiger partial charge in [0, 0.05) is 0 Å². The summed E-state index contributed by atoms with van der Waals surface area (Å²) >= 11 is 0. The number of alkyl halides is 3. The molecule has 1 aromatic carbocycles. The topological polar surface area (TPSA) is 46.5 Å². The minimum absolute atomic E-state index is 0.0840. The Morgan fingerprint density at radius 1 is 1.47 bits per heavy atom. The van der Waals surface area contributed by atoms with Gasteiger partial charge >= 0.3 is 12.1 Å². The maximum Gasteiger partial charge on any atom is 0.416 e. The summed E-state index contributed by atoms with van der Waals surface area (Å²) < 4.78 is 41.4. The fourth-order valence-electron chi connectivity index (χ4n) is 1.09. The Bertz CT molecular complexity index is 438. The van der Waals surface area contributed by atoms with Crippen LogP contribution >= 0.6 is 0 Å². The number of aromatic hydroxyl groups is 1. The van der Waals surface area contributed by atoms with E-state index in [9.17, 15) is 23.1 Å². The van der Waals surface area contributed by atoms with Crippen molar-refractivity contribution in [3.05, 3.63) is 42.0 Å². The molecule has 0 atom stereocenters. The van der Waals surface area contributed by atoms with E-state index in [0.29, 0.717) is 12.1 Å². The van der Waals surface area contributed by atoms with Crippen LogP contribution in [-0.4, -0.2) is 17.7 Å². The summed E-state index contributed by atoms with van der Waals surface area (Å²) in [7, 11) is 0. The number of esters is 1. The largest absolute Gasteiger partial charge is 0.507 e. The molecule has 0 fully saturated rings. The van der Waals surface area contributed by atoms with Crippen molar-refractivity contribution in [1.82, 2.24) is 0 Å². The van der Waals surface area contributed by atoms with Gasteiger partial charge in [0.05, 0.1) is 5.56 Å². The van der Waals surface area contributed by atoms with Gasteiger partial charge in [-0.15, -0.1) is 0 Å². The van der Waals surface area contributed by atoms with Crippen LogP contribution in [0.4, 0.5) is 13.2 Å². The Morgan fingerprint density at radius 3 is 2.59 bits per heavy atom. The van der Waals surface area contributed by atoms with Crippen LogP contribution in [0.25, 0.3) is 0 Å². The molecule has 0 radical (unpaired) electrons. The summed E-state index contributed by atoms with van der Waals surface area (Å²) in [5, 5.41) is 9.30. The summed E-state index contributed by atoms with van der Waals surface area (Å²) in [5.74, 6) is -1.68. The Balaban J connectivity index is 2.98. The average Bonchev–Trinajstić information content (AvgIpc) is 2.24. The van der Waals surface area contributed by atoms with Crippen molar-refractivity contribution >= 4 is 5.97 Å². The molecule has 17 heavy (non-hydrogen) atoms. The summed E-state index contributed by atoms with van der Waals surface area (Å²) in [6.45, 7) is 3.22. The third-order valence-corrected chi connectivity index (χ3v) is 1.88. The maximum absolute atomic E-state index is 12.3. The number of hydrogen-bond acceptors (Lipinski definition) is 3.